The third-order valence-corrected chi connectivity index (χ3v) is 2.45. The summed E-state index contributed by atoms with van der Waals surface area (Å²) in [6, 6.07) is 3.34. The summed E-state index contributed by atoms with van der Waals surface area (Å²) in [4.78, 5) is 0. The highest BCUT2D eigenvalue weighted by molar-refractivity contribution is 6.28. The van der Waals surface area contributed by atoms with Crippen LogP contribution in [0.4, 0.5) is 0 Å². The Morgan fingerprint density at radius 3 is 2.61 bits per heavy atom. The van der Waals surface area contributed by atoms with E-state index in [9.17, 15) is 0 Å². The van der Waals surface area contributed by atoms with E-state index in [1.54, 1.807) is 12.1 Å². The van der Waals surface area contributed by atoms with Crippen molar-refractivity contribution in [3.63, 3.8) is 0 Å². The maximum Gasteiger partial charge on any atom is 0.283 e. The lowest BCUT2D eigenvalue weighted by Gasteiger charge is -2.19. The van der Waals surface area contributed by atoms with E-state index < -0.39 is 0 Å². The molecule has 2 aromatic heterocycles. The second kappa shape index (κ2) is 5.12. The van der Waals surface area contributed by atoms with Crippen molar-refractivity contribution >= 4 is 11.6 Å². The number of nitrogens with one attached hydrogen (secondary N) is 1. The second-order valence-electron chi connectivity index (χ2n) is 5.03. The number of halogens is 1. The Labute approximate surface area is 111 Å². The van der Waals surface area contributed by atoms with Gasteiger partial charge in [-0.2, -0.15) is 0 Å². The summed E-state index contributed by atoms with van der Waals surface area (Å²) in [5.41, 5.74) is 0.0807. The van der Waals surface area contributed by atoms with Gasteiger partial charge in [0.05, 0.1) is 0 Å². The van der Waals surface area contributed by atoms with E-state index >= 15 is 0 Å². The normalized spacial score (nSPS) is 12.0. The maximum absolute atomic E-state index is 5.68. The molecule has 0 aliphatic rings. The van der Waals surface area contributed by atoms with Crippen LogP contribution >= 0.6 is 11.6 Å². The van der Waals surface area contributed by atoms with Crippen molar-refractivity contribution in [3.8, 4) is 11.7 Å². The van der Waals surface area contributed by atoms with Gasteiger partial charge in [0.1, 0.15) is 0 Å². The van der Waals surface area contributed by atoms with Crippen LogP contribution in [0.1, 0.15) is 26.7 Å². The van der Waals surface area contributed by atoms with Crippen molar-refractivity contribution in [2.75, 3.05) is 6.54 Å². The molecular formula is C12H16ClN3O2. The summed E-state index contributed by atoms with van der Waals surface area (Å²) in [5, 5.41) is 11.5. The minimum absolute atomic E-state index is 0.0807. The van der Waals surface area contributed by atoms with Gasteiger partial charge in [-0.05, 0) is 44.5 Å². The van der Waals surface area contributed by atoms with Gasteiger partial charge in [0.2, 0.25) is 5.89 Å². The van der Waals surface area contributed by atoms with Gasteiger partial charge in [-0.1, -0.05) is 0 Å². The van der Waals surface area contributed by atoms with Crippen LogP contribution in [0.3, 0.4) is 0 Å². The number of hydrogen-bond acceptors (Lipinski definition) is 5. The predicted octanol–water partition coefficient (Wildman–Crippen LogP) is 2.91. The zero-order valence-electron chi connectivity index (χ0n) is 10.7. The van der Waals surface area contributed by atoms with Crippen LogP contribution in [-0.2, 0) is 6.42 Å². The first-order chi connectivity index (χ1) is 8.44. The fourth-order valence-electron chi connectivity index (χ4n) is 1.43. The van der Waals surface area contributed by atoms with Crippen LogP contribution in [-0.4, -0.2) is 22.3 Å². The van der Waals surface area contributed by atoms with Crippen LogP contribution in [0.25, 0.3) is 11.7 Å². The average molecular weight is 270 g/mol. The molecule has 98 valence electrons. The minimum atomic E-state index is 0.0807. The molecule has 0 spiro atoms. The van der Waals surface area contributed by atoms with Crippen LogP contribution < -0.4 is 5.32 Å². The SMILES string of the molecule is CC(C)(C)NCCc1nnc(-c2ccc(Cl)o2)o1. The molecule has 5 nitrogen and oxygen atoms in total. The molecule has 6 heteroatoms. The Hall–Kier alpha value is -1.33. The average Bonchev–Trinajstić information content (AvgIpc) is 2.85. The fraction of sp³-hybridized carbons (Fsp3) is 0.500. The summed E-state index contributed by atoms with van der Waals surface area (Å²) in [7, 11) is 0. The Balaban J connectivity index is 1.94. The molecule has 0 aromatic carbocycles. The molecule has 0 atom stereocenters. The van der Waals surface area contributed by atoms with Gasteiger partial charge in [0, 0.05) is 18.5 Å². The van der Waals surface area contributed by atoms with E-state index in [-0.39, 0.29) is 5.54 Å². The van der Waals surface area contributed by atoms with E-state index in [1.165, 1.54) is 0 Å². The molecule has 0 unspecified atom stereocenters. The van der Waals surface area contributed by atoms with Crippen LogP contribution in [0.15, 0.2) is 21.0 Å². The van der Waals surface area contributed by atoms with E-state index in [4.69, 9.17) is 20.4 Å². The smallest absolute Gasteiger partial charge is 0.283 e. The largest absolute Gasteiger partial charge is 0.440 e. The van der Waals surface area contributed by atoms with Crippen molar-refractivity contribution in [2.24, 2.45) is 0 Å². The first-order valence-electron chi connectivity index (χ1n) is 5.77. The van der Waals surface area contributed by atoms with Gasteiger partial charge in [-0.15, -0.1) is 10.2 Å². The van der Waals surface area contributed by atoms with Crippen molar-refractivity contribution in [1.82, 2.24) is 15.5 Å². The lowest BCUT2D eigenvalue weighted by molar-refractivity contribution is 0.409. The molecule has 0 aliphatic heterocycles. The summed E-state index contributed by atoms with van der Waals surface area (Å²) in [5.74, 6) is 1.42. The third kappa shape index (κ3) is 3.58. The number of nitrogens with zero attached hydrogens (tertiary/aromatic N) is 2. The molecule has 0 radical (unpaired) electrons. The van der Waals surface area contributed by atoms with Crippen molar-refractivity contribution < 1.29 is 8.83 Å². The summed E-state index contributed by atoms with van der Waals surface area (Å²) < 4.78 is 10.7. The van der Waals surface area contributed by atoms with Gasteiger partial charge in [-0.25, -0.2) is 0 Å². The zero-order chi connectivity index (χ0) is 13.2. The van der Waals surface area contributed by atoms with Crippen LogP contribution in [0.2, 0.25) is 5.22 Å². The molecular weight excluding hydrogens is 254 g/mol. The highest BCUT2D eigenvalue weighted by atomic mass is 35.5. The highest BCUT2D eigenvalue weighted by Crippen LogP contribution is 2.23. The molecule has 2 heterocycles. The molecule has 0 aliphatic carbocycles. The topological polar surface area (TPSA) is 64.1 Å². The van der Waals surface area contributed by atoms with Crippen LogP contribution in [0.5, 0.6) is 0 Å². The Bertz CT molecular complexity index is 513. The van der Waals surface area contributed by atoms with Gasteiger partial charge in [-0.3, -0.25) is 0 Å². The van der Waals surface area contributed by atoms with Crippen molar-refractivity contribution in [1.29, 1.82) is 0 Å². The van der Waals surface area contributed by atoms with Gasteiger partial charge < -0.3 is 14.2 Å². The highest BCUT2D eigenvalue weighted by Gasteiger charge is 2.13. The molecule has 0 fully saturated rings. The van der Waals surface area contributed by atoms with E-state index in [0.717, 1.165) is 6.54 Å². The van der Waals surface area contributed by atoms with Crippen LogP contribution in [0, 0.1) is 0 Å². The lowest BCUT2D eigenvalue weighted by atomic mass is 10.1. The first-order valence-corrected chi connectivity index (χ1v) is 6.15. The molecule has 0 amide bonds. The molecule has 2 aromatic rings. The maximum atomic E-state index is 5.68. The number of furan rings is 1. The predicted molar refractivity (Wildman–Crippen MR) is 68.5 cm³/mol. The van der Waals surface area contributed by atoms with E-state index in [2.05, 4.69) is 36.3 Å². The number of aromatic nitrogens is 2. The van der Waals surface area contributed by atoms with Gasteiger partial charge in [0.15, 0.2) is 11.0 Å². The summed E-state index contributed by atoms with van der Waals surface area (Å²) >= 11 is 5.68. The third-order valence-electron chi connectivity index (χ3n) is 2.25. The van der Waals surface area contributed by atoms with E-state index in [1.807, 2.05) is 0 Å². The Morgan fingerprint density at radius 1 is 1.22 bits per heavy atom. The number of hydrogen-bond donors (Lipinski definition) is 1. The molecule has 0 saturated carbocycles. The first kappa shape index (κ1) is 13.1. The molecule has 1 N–H and O–H groups in total. The van der Waals surface area contributed by atoms with E-state index in [0.29, 0.717) is 29.2 Å². The Morgan fingerprint density at radius 2 is 2.00 bits per heavy atom. The Kier molecular flexibility index (Phi) is 3.73. The number of rotatable bonds is 4. The summed E-state index contributed by atoms with van der Waals surface area (Å²) in [6.07, 6.45) is 0.679. The molecule has 2 rings (SSSR count). The molecule has 0 bridgehead atoms. The van der Waals surface area contributed by atoms with Gasteiger partial charge in [0.25, 0.3) is 5.89 Å². The van der Waals surface area contributed by atoms with Crippen molar-refractivity contribution in [3.05, 3.63) is 23.2 Å². The monoisotopic (exact) mass is 269 g/mol. The summed E-state index contributed by atoms with van der Waals surface area (Å²) in [6.45, 7) is 7.11. The molecule has 18 heavy (non-hydrogen) atoms. The second-order valence-corrected chi connectivity index (χ2v) is 5.40. The lowest BCUT2D eigenvalue weighted by Crippen LogP contribution is -2.37. The zero-order valence-corrected chi connectivity index (χ0v) is 11.4. The standard InChI is InChI=1S/C12H16ClN3O2/c1-12(2,3)14-7-6-10-15-16-11(18-10)8-4-5-9(13)17-8/h4-5,14H,6-7H2,1-3H3. The quantitative estimate of drug-likeness (QED) is 0.925. The molecule has 0 saturated heterocycles. The van der Waals surface area contributed by atoms with Crippen molar-refractivity contribution in [2.45, 2.75) is 32.7 Å². The minimum Gasteiger partial charge on any atom is -0.440 e. The van der Waals surface area contributed by atoms with Gasteiger partial charge >= 0.3 is 0 Å². The fourth-order valence-corrected chi connectivity index (χ4v) is 1.57.